The zero-order valence-electron chi connectivity index (χ0n) is 15.9. The van der Waals surface area contributed by atoms with Gasteiger partial charge in [0, 0.05) is 17.0 Å². The summed E-state index contributed by atoms with van der Waals surface area (Å²) in [6.45, 7) is 0. The van der Waals surface area contributed by atoms with Crippen LogP contribution in [-0.2, 0) is 4.79 Å². The highest BCUT2D eigenvalue weighted by atomic mass is 35.5. The van der Waals surface area contributed by atoms with Crippen LogP contribution in [0.25, 0.3) is 33.3 Å². The van der Waals surface area contributed by atoms with E-state index in [0.717, 1.165) is 0 Å². The molecular formula is C21H11ClF3N5O2. The van der Waals surface area contributed by atoms with Gasteiger partial charge < -0.3 is 5.32 Å². The molecule has 0 bridgehead atoms. The van der Waals surface area contributed by atoms with Crippen molar-refractivity contribution in [2.24, 2.45) is 0 Å². The summed E-state index contributed by atoms with van der Waals surface area (Å²) in [4.78, 5) is 33.4. The molecule has 4 aromatic heterocycles. The molecule has 0 spiro atoms. The third-order valence-corrected chi connectivity index (χ3v) is 5.13. The number of halogens is 4. The topological polar surface area (TPSA) is 81.3 Å². The maximum atomic E-state index is 13.4. The maximum absolute atomic E-state index is 13.4. The van der Waals surface area contributed by atoms with E-state index in [1.165, 1.54) is 39.6 Å². The van der Waals surface area contributed by atoms with Crippen molar-refractivity contribution in [3.05, 3.63) is 76.4 Å². The number of carbonyl (C=O) groups is 1. The third kappa shape index (κ3) is 3.16. The molecule has 0 aliphatic rings. The molecule has 0 aliphatic carbocycles. The Bertz CT molecular complexity index is 1590. The smallest absolute Gasteiger partial charge is 0.317 e. The lowest BCUT2D eigenvalue weighted by Crippen LogP contribution is -2.30. The van der Waals surface area contributed by atoms with Crippen LogP contribution < -0.4 is 10.9 Å². The summed E-state index contributed by atoms with van der Waals surface area (Å²) in [6, 6.07) is 12.8. The molecule has 5 rings (SSSR count). The quantitative estimate of drug-likeness (QED) is 0.400. The van der Waals surface area contributed by atoms with Crippen molar-refractivity contribution >= 4 is 50.8 Å². The van der Waals surface area contributed by atoms with Gasteiger partial charge in [0.15, 0.2) is 5.65 Å². The Labute approximate surface area is 181 Å². The van der Waals surface area contributed by atoms with E-state index in [1.54, 1.807) is 30.3 Å². The normalized spacial score (nSPS) is 12.0. The van der Waals surface area contributed by atoms with E-state index in [2.05, 4.69) is 9.97 Å². The second-order valence-electron chi connectivity index (χ2n) is 6.91. The maximum Gasteiger partial charge on any atom is 0.471 e. The zero-order chi connectivity index (χ0) is 22.6. The van der Waals surface area contributed by atoms with E-state index >= 15 is 0 Å². The Morgan fingerprint density at radius 1 is 1.03 bits per heavy atom. The lowest BCUT2D eigenvalue weighted by molar-refractivity contribution is -0.167. The van der Waals surface area contributed by atoms with E-state index in [1.807, 2.05) is 5.32 Å². The summed E-state index contributed by atoms with van der Waals surface area (Å²) in [5.74, 6) is -2.11. The van der Waals surface area contributed by atoms with Crippen molar-refractivity contribution in [1.82, 2.24) is 18.9 Å². The van der Waals surface area contributed by atoms with E-state index < -0.39 is 12.1 Å². The lowest BCUT2D eigenvalue weighted by Gasteiger charge is -2.12. The van der Waals surface area contributed by atoms with Gasteiger partial charge in [0.05, 0.1) is 17.6 Å². The summed E-state index contributed by atoms with van der Waals surface area (Å²) >= 11 is 5.88. The highest BCUT2D eigenvalue weighted by Crippen LogP contribution is 2.27. The van der Waals surface area contributed by atoms with Crippen LogP contribution in [0.3, 0.4) is 0 Å². The minimum absolute atomic E-state index is 0.111. The van der Waals surface area contributed by atoms with Crippen LogP contribution in [0.2, 0.25) is 5.15 Å². The largest absolute Gasteiger partial charge is 0.471 e. The van der Waals surface area contributed by atoms with Crippen LogP contribution in [0.5, 0.6) is 0 Å². The van der Waals surface area contributed by atoms with Crippen LogP contribution >= 0.6 is 11.6 Å². The molecule has 160 valence electrons. The van der Waals surface area contributed by atoms with Gasteiger partial charge in [0.2, 0.25) is 0 Å². The van der Waals surface area contributed by atoms with Gasteiger partial charge in [-0.05, 0) is 30.3 Å². The van der Waals surface area contributed by atoms with Gasteiger partial charge in [-0.1, -0.05) is 29.8 Å². The molecule has 0 fully saturated rings. The predicted octanol–water partition coefficient (Wildman–Crippen LogP) is 4.34. The molecule has 5 aromatic rings. The lowest BCUT2D eigenvalue weighted by atomic mass is 10.1. The molecule has 0 unspecified atom stereocenters. The third-order valence-electron chi connectivity index (χ3n) is 4.91. The SMILES string of the molecule is O=C(Nc1ccc2nc3c4ccccc4c(=O)n(-c4ccc(Cl)nc4)c3n2c1)C(F)(F)F. The molecular weight excluding hydrogens is 447 g/mol. The van der Waals surface area contributed by atoms with Crippen LogP contribution in [0.1, 0.15) is 0 Å². The first-order valence-corrected chi connectivity index (χ1v) is 9.57. The molecule has 0 saturated carbocycles. The number of amides is 1. The Morgan fingerprint density at radius 3 is 2.47 bits per heavy atom. The van der Waals surface area contributed by atoms with Gasteiger partial charge in [0.25, 0.3) is 5.56 Å². The monoisotopic (exact) mass is 457 g/mol. The number of pyridine rings is 3. The van der Waals surface area contributed by atoms with Crippen molar-refractivity contribution in [2.45, 2.75) is 6.18 Å². The molecule has 0 radical (unpaired) electrons. The second kappa shape index (κ2) is 7.06. The average Bonchev–Trinajstić information content (AvgIpc) is 3.13. The van der Waals surface area contributed by atoms with Gasteiger partial charge in [-0.15, -0.1) is 0 Å². The summed E-state index contributed by atoms with van der Waals surface area (Å²) in [7, 11) is 0. The van der Waals surface area contributed by atoms with E-state index in [4.69, 9.17) is 11.6 Å². The van der Waals surface area contributed by atoms with Gasteiger partial charge in [-0.3, -0.25) is 18.6 Å². The summed E-state index contributed by atoms with van der Waals surface area (Å²) in [5, 5.41) is 3.03. The van der Waals surface area contributed by atoms with Crippen LogP contribution in [-0.4, -0.2) is 31.0 Å². The molecule has 7 nitrogen and oxygen atoms in total. The first-order chi connectivity index (χ1) is 15.2. The summed E-state index contributed by atoms with van der Waals surface area (Å²) in [6.07, 6.45) is -2.35. The number of carbonyl (C=O) groups excluding carboxylic acids is 1. The summed E-state index contributed by atoms with van der Waals surface area (Å²) in [5.41, 5.74) is 1.03. The number of aromatic nitrogens is 4. The number of alkyl halides is 3. The number of rotatable bonds is 2. The minimum atomic E-state index is -5.04. The van der Waals surface area contributed by atoms with Crippen molar-refractivity contribution in [3.8, 4) is 5.69 Å². The van der Waals surface area contributed by atoms with Gasteiger partial charge in [-0.2, -0.15) is 13.2 Å². The molecule has 1 N–H and O–H groups in total. The molecule has 0 saturated heterocycles. The number of fused-ring (bicyclic) bond motifs is 5. The first-order valence-electron chi connectivity index (χ1n) is 9.20. The van der Waals surface area contributed by atoms with Gasteiger partial charge >= 0.3 is 12.1 Å². The Balaban J connectivity index is 1.87. The van der Waals surface area contributed by atoms with Crippen molar-refractivity contribution in [2.75, 3.05) is 5.32 Å². The van der Waals surface area contributed by atoms with Crippen LogP contribution in [0, 0.1) is 0 Å². The van der Waals surface area contributed by atoms with E-state index in [9.17, 15) is 22.8 Å². The minimum Gasteiger partial charge on any atom is -0.317 e. The van der Waals surface area contributed by atoms with Gasteiger partial charge in [-0.25, -0.2) is 9.97 Å². The Hall–Kier alpha value is -3.92. The fourth-order valence-corrected chi connectivity index (χ4v) is 3.65. The summed E-state index contributed by atoms with van der Waals surface area (Å²) < 4.78 is 40.9. The highest BCUT2D eigenvalue weighted by molar-refractivity contribution is 6.29. The van der Waals surface area contributed by atoms with Crippen LogP contribution in [0.4, 0.5) is 18.9 Å². The Morgan fingerprint density at radius 2 is 1.78 bits per heavy atom. The number of hydrogen-bond acceptors (Lipinski definition) is 4. The van der Waals surface area contributed by atoms with Crippen molar-refractivity contribution in [1.29, 1.82) is 0 Å². The molecule has 11 heteroatoms. The van der Waals surface area contributed by atoms with E-state index in [0.29, 0.717) is 33.3 Å². The number of benzene rings is 1. The molecule has 0 atom stereocenters. The molecule has 32 heavy (non-hydrogen) atoms. The predicted molar refractivity (Wildman–Crippen MR) is 113 cm³/mol. The van der Waals surface area contributed by atoms with Crippen molar-refractivity contribution < 1.29 is 18.0 Å². The molecule has 0 aliphatic heterocycles. The standard InChI is InChI=1S/C21H11ClF3N5O2/c22-15-7-6-12(9-26-15)30-18-17(13-3-1-2-4-14(13)19(30)31)28-16-8-5-11(10-29(16)18)27-20(32)21(23,24)25/h1-10H,(H,27,32). The van der Waals surface area contributed by atoms with Gasteiger partial charge in [0.1, 0.15) is 16.3 Å². The molecule has 1 amide bonds. The fraction of sp³-hybridized carbons (Fsp3) is 0.0476. The second-order valence-corrected chi connectivity index (χ2v) is 7.29. The number of hydrogen-bond donors (Lipinski definition) is 1. The van der Waals surface area contributed by atoms with Crippen molar-refractivity contribution in [3.63, 3.8) is 0 Å². The van der Waals surface area contributed by atoms with E-state index in [-0.39, 0.29) is 16.4 Å². The Kier molecular flexibility index (Phi) is 4.41. The number of anilines is 1. The fourth-order valence-electron chi connectivity index (χ4n) is 3.54. The first kappa shape index (κ1) is 20.0. The average molecular weight is 458 g/mol. The highest BCUT2D eigenvalue weighted by Gasteiger charge is 2.38. The van der Waals surface area contributed by atoms with Crippen LogP contribution in [0.15, 0.2) is 65.7 Å². The zero-order valence-corrected chi connectivity index (χ0v) is 16.6. The molecule has 1 aromatic carbocycles. The molecule has 4 heterocycles. The number of nitrogens with one attached hydrogen (secondary N) is 1. The number of nitrogens with zero attached hydrogens (tertiary/aromatic N) is 4. The number of imidazole rings is 1.